The molecule has 0 saturated heterocycles. The molecule has 0 saturated carbocycles. The molecule has 12 heteroatoms. The molecule has 0 amide bonds. The lowest BCUT2D eigenvalue weighted by Gasteiger charge is -2.22. The van der Waals surface area contributed by atoms with Crippen LogP contribution < -0.4 is 14.2 Å². The zero-order valence-corrected chi connectivity index (χ0v) is 19.5. The van der Waals surface area contributed by atoms with Gasteiger partial charge in [-0.25, -0.2) is 18.4 Å². The van der Waals surface area contributed by atoms with Crippen molar-refractivity contribution in [3.05, 3.63) is 87.8 Å². The number of sulfonamides is 1. The lowest BCUT2D eigenvalue weighted by molar-refractivity contribution is -0.605. The Hall–Kier alpha value is -3.96. The van der Waals surface area contributed by atoms with E-state index in [9.17, 15) is 13.6 Å². The number of halogens is 1. The van der Waals surface area contributed by atoms with E-state index in [0.717, 1.165) is 5.56 Å². The van der Waals surface area contributed by atoms with Gasteiger partial charge in [0.25, 0.3) is 0 Å². The maximum Gasteiger partial charge on any atom is 0.220 e. The van der Waals surface area contributed by atoms with Crippen LogP contribution in [0.3, 0.4) is 0 Å². The van der Waals surface area contributed by atoms with Crippen LogP contribution in [0, 0.1) is 12.1 Å². The largest absolute Gasteiger partial charge is 0.619 e. The van der Waals surface area contributed by atoms with Crippen molar-refractivity contribution < 1.29 is 22.6 Å². The first kappa shape index (κ1) is 23.2. The van der Waals surface area contributed by atoms with Crippen molar-refractivity contribution in [2.24, 2.45) is 0 Å². The van der Waals surface area contributed by atoms with Crippen molar-refractivity contribution in [3.63, 3.8) is 0 Å². The summed E-state index contributed by atoms with van der Waals surface area (Å²) in [5, 5.41) is 10.9. The first-order chi connectivity index (χ1) is 16.3. The van der Waals surface area contributed by atoms with Crippen molar-refractivity contribution in [1.29, 1.82) is 0 Å². The number of pyridine rings is 2. The zero-order chi connectivity index (χ0) is 24.3. The number of ether oxygens (including phenoxy) is 2. The molecule has 0 bridgehead atoms. The van der Waals surface area contributed by atoms with E-state index in [-0.39, 0.29) is 33.3 Å². The van der Waals surface area contributed by atoms with Crippen LogP contribution in [0.15, 0.2) is 72.1 Å². The molecule has 3 heterocycles. The van der Waals surface area contributed by atoms with Crippen LogP contribution >= 0.6 is 11.6 Å². The third kappa shape index (κ3) is 5.00. The second-order valence-electron chi connectivity index (χ2n) is 6.93. The second-order valence-corrected chi connectivity index (χ2v) is 8.84. The molecule has 4 rings (SSSR count). The van der Waals surface area contributed by atoms with Crippen LogP contribution in [-0.2, 0) is 10.0 Å². The normalized spacial score (nSPS) is 11.1. The van der Waals surface area contributed by atoms with Gasteiger partial charge < -0.3 is 24.4 Å². The van der Waals surface area contributed by atoms with Gasteiger partial charge in [-0.3, -0.25) is 0 Å². The molecule has 0 radical (unpaired) electrons. The van der Waals surface area contributed by atoms with E-state index >= 15 is 0 Å². The summed E-state index contributed by atoms with van der Waals surface area (Å²) in [5.74, 6) is 0.128. The summed E-state index contributed by atoms with van der Waals surface area (Å²) >= 11 is 6.40. The Bertz CT molecular complexity index is 1430. The summed E-state index contributed by atoms with van der Waals surface area (Å²) in [6, 6.07) is 12.6. The maximum absolute atomic E-state index is 13.0. The molecule has 0 unspecified atom stereocenters. The minimum atomic E-state index is -4.28. The van der Waals surface area contributed by atoms with E-state index in [1.807, 2.05) is 0 Å². The van der Waals surface area contributed by atoms with E-state index < -0.39 is 10.0 Å². The van der Waals surface area contributed by atoms with Crippen molar-refractivity contribution >= 4 is 27.4 Å². The minimum Gasteiger partial charge on any atom is -0.619 e. The number of aromatic nitrogens is 4. The third-order valence-electron chi connectivity index (χ3n) is 4.50. The fraction of sp³-hybridized carbons (Fsp3) is 0.0909. The highest BCUT2D eigenvalue weighted by Gasteiger charge is 2.18. The van der Waals surface area contributed by atoms with Crippen LogP contribution in [0.25, 0.3) is 16.1 Å². The second kappa shape index (κ2) is 9.49. The summed E-state index contributed by atoms with van der Waals surface area (Å²) in [4.78, 5) is 12.4. The molecular formula is C22H17ClN5O5S-. The van der Waals surface area contributed by atoms with E-state index in [1.54, 1.807) is 37.3 Å². The first-order valence-electron chi connectivity index (χ1n) is 9.75. The van der Waals surface area contributed by atoms with Crippen molar-refractivity contribution in [2.75, 3.05) is 7.11 Å². The molecular weight excluding hydrogens is 482 g/mol. The predicted molar refractivity (Wildman–Crippen MR) is 124 cm³/mol. The summed E-state index contributed by atoms with van der Waals surface area (Å²) < 4.78 is 41.6. The fourth-order valence-electron chi connectivity index (χ4n) is 2.83. The average Bonchev–Trinajstić information content (AvgIpc) is 2.82. The zero-order valence-electron chi connectivity index (χ0n) is 17.9. The smallest absolute Gasteiger partial charge is 0.220 e. The molecule has 174 valence electrons. The van der Waals surface area contributed by atoms with E-state index in [0.29, 0.717) is 16.0 Å². The highest BCUT2D eigenvalue weighted by atomic mass is 35.5. The lowest BCUT2D eigenvalue weighted by atomic mass is 10.2. The van der Waals surface area contributed by atoms with E-state index in [4.69, 9.17) is 21.1 Å². The molecule has 3 aromatic heterocycles. The lowest BCUT2D eigenvalue weighted by Crippen LogP contribution is -2.23. The Kier molecular flexibility index (Phi) is 6.48. The molecule has 0 atom stereocenters. The highest BCUT2D eigenvalue weighted by molar-refractivity contribution is 7.94. The predicted octanol–water partition coefficient (Wildman–Crippen LogP) is 4.33. The monoisotopic (exact) mass is 498 g/mol. The van der Waals surface area contributed by atoms with E-state index in [2.05, 4.69) is 19.7 Å². The number of para-hydroxylation sites is 2. The molecule has 0 N–H and O–H groups in total. The van der Waals surface area contributed by atoms with Gasteiger partial charge in [-0.15, -0.1) is 0 Å². The van der Waals surface area contributed by atoms with Gasteiger partial charge in [0.1, 0.15) is 0 Å². The molecule has 0 aliphatic heterocycles. The molecule has 34 heavy (non-hydrogen) atoms. The molecule has 1 aromatic carbocycles. The third-order valence-corrected chi connectivity index (χ3v) is 5.94. The maximum atomic E-state index is 13.0. The van der Waals surface area contributed by atoms with E-state index in [1.165, 1.54) is 43.9 Å². The topological polar surface area (TPSA) is 132 Å². The molecule has 0 fully saturated rings. The van der Waals surface area contributed by atoms with Gasteiger partial charge in [0.2, 0.25) is 10.0 Å². The van der Waals surface area contributed by atoms with Gasteiger partial charge >= 0.3 is 0 Å². The minimum absolute atomic E-state index is 0.0452. The van der Waals surface area contributed by atoms with Crippen molar-refractivity contribution in [1.82, 2.24) is 15.0 Å². The number of hydrogen-bond acceptors (Lipinski definition) is 8. The van der Waals surface area contributed by atoms with Crippen LogP contribution in [-0.4, -0.2) is 30.5 Å². The standard InChI is InChI=1S/C22H17ClN5O5S/c1-14-7-8-18(24-13-14)34(30,31)27-22-19(33-17-6-4-3-5-16(17)32-2)20(23)25-21(26-22)15-9-11-28(29)12-10-15/h3-13H,1-2H3/q-1. The quantitative estimate of drug-likeness (QED) is 0.209. The van der Waals surface area contributed by atoms with Gasteiger partial charge in [-0.1, -0.05) is 29.8 Å². The number of benzene rings is 1. The Labute approximate surface area is 200 Å². The van der Waals surface area contributed by atoms with Gasteiger partial charge in [-0.05, 0) is 36.5 Å². The van der Waals surface area contributed by atoms with Gasteiger partial charge in [0.05, 0.1) is 12.9 Å². The van der Waals surface area contributed by atoms with Crippen LogP contribution in [0.2, 0.25) is 5.15 Å². The summed E-state index contributed by atoms with van der Waals surface area (Å²) in [7, 11) is -2.83. The molecule has 0 aliphatic rings. The average molecular weight is 499 g/mol. The Morgan fingerprint density at radius 3 is 2.38 bits per heavy atom. The number of aryl methyl sites for hydroxylation is 1. The summed E-state index contributed by atoms with van der Waals surface area (Å²) in [6.45, 7) is 1.78. The molecule has 0 aliphatic carbocycles. The number of rotatable bonds is 7. The Balaban J connectivity index is 1.83. The molecule has 4 aromatic rings. The van der Waals surface area contributed by atoms with Gasteiger partial charge in [0.15, 0.2) is 39.8 Å². The highest BCUT2D eigenvalue weighted by Crippen LogP contribution is 2.43. The molecule has 0 spiro atoms. The Morgan fingerprint density at radius 2 is 1.74 bits per heavy atom. The van der Waals surface area contributed by atoms with Gasteiger partial charge in [-0.2, -0.15) is 4.73 Å². The number of nitrogens with zero attached hydrogens (tertiary/aromatic N) is 5. The SMILES string of the molecule is COc1ccccc1Oc1c(Cl)nc(-c2cc[n+]([O-])cc2)nc1[N-]S(=O)(=O)c1ccc(C)cn1. The van der Waals surface area contributed by atoms with Crippen LogP contribution in [0.1, 0.15) is 5.56 Å². The van der Waals surface area contributed by atoms with Crippen molar-refractivity contribution in [2.45, 2.75) is 11.9 Å². The van der Waals surface area contributed by atoms with Crippen LogP contribution in [0.4, 0.5) is 5.82 Å². The van der Waals surface area contributed by atoms with Gasteiger partial charge in [0, 0.05) is 23.9 Å². The fourth-order valence-corrected chi connectivity index (χ4v) is 3.91. The summed E-state index contributed by atoms with van der Waals surface area (Å²) in [6.07, 6.45) is 3.90. The Morgan fingerprint density at radius 1 is 1.03 bits per heavy atom. The van der Waals surface area contributed by atoms with Crippen molar-refractivity contribution in [3.8, 4) is 28.6 Å². The summed E-state index contributed by atoms with van der Waals surface area (Å²) in [5.41, 5.74) is 1.20. The number of hydrogen-bond donors (Lipinski definition) is 0. The first-order valence-corrected chi connectivity index (χ1v) is 11.6. The number of methoxy groups -OCH3 is 1. The molecule has 10 nitrogen and oxygen atoms in total. The van der Waals surface area contributed by atoms with Crippen LogP contribution in [0.5, 0.6) is 17.2 Å².